The summed E-state index contributed by atoms with van der Waals surface area (Å²) < 4.78 is 21.8. The minimum Gasteiger partial charge on any atom is -0.494 e. The Morgan fingerprint density at radius 2 is 1.79 bits per heavy atom. The van der Waals surface area contributed by atoms with Crippen LogP contribution in [0.1, 0.15) is 12.5 Å². The second-order valence-corrected chi connectivity index (χ2v) is 6.39. The number of nitrogens with zero attached hydrogens (tertiary/aromatic N) is 4. The van der Waals surface area contributed by atoms with Gasteiger partial charge in [-0.3, -0.25) is 14.2 Å². The lowest BCUT2D eigenvalue weighted by atomic mass is 10.2. The lowest BCUT2D eigenvalue weighted by molar-refractivity contribution is 0.340. The number of fused-ring (bicyclic) bond motifs is 1. The number of anilines is 2. The van der Waals surface area contributed by atoms with Crippen LogP contribution in [0.15, 0.2) is 58.1 Å². The van der Waals surface area contributed by atoms with Crippen molar-refractivity contribution in [3.63, 3.8) is 0 Å². The van der Waals surface area contributed by atoms with E-state index in [4.69, 9.17) is 4.74 Å². The van der Waals surface area contributed by atoms with E-state index in [1.807, 2.05) is 36.1 Å². The topological polar surface area (TPSA) is 69.4 Å². The molecule has 0 N–H and O–H groups in total. The molecule has 0 aliphatic carbocycles. The third-order valence-electron chi connectivity index (χ3n) is 4.64. The number of hydrogen-bond donors (Lipinski definition) is 0. The van der Waals surface area contributed by atoms with Crippen LogP contribution in [0.5, 0.6) is 5.75 Å². The molecule has 8 heteroatoms. The fraction of sp³-hybridized carbons (Fsp3) is 0.250. The van der Waals surface area contributed by atoms with Gasteiger partial charge in [0.25, 0.3) is 0 Å². The van der Waals surface area contributed by atoms with Gasteiger partial charge in [-0.2, -0.15) is 0 Å². The Labute approximate surface area is 160 Å². The summed E-state index contributed by atoms with van der Waals surface area (Å²) in [4.78, 5) is 26.8. The normalized spacial score (nSPS) is 12.9. The largest absolute Gasteiger partial charge is 0.494 e. The van der Waals surface area contributed by atoms with Crippen molar-refractivity contribution in [3.8, 4) is 5.75 Å². The highest BCUT2D eigenvalue weighted by Crippen LogP contribution is 2.28. The highest BCUT2D eigenvalue weighted by Gasteiger charge is 2.26. The SMILES string of the molecule is CCOc1ccc(N2CCn3c2nn(Cc2ccccc2F)c(=O)c3=O)cc1. The van der Waals surface area contributed by atoms with Crippen LogP contribution in [-0.4, -0.2) is 27.5 Å². The van der Waals surface area contributed by atoms with Crippen molar-refractivity contribution in [3.05, 3.63) is 80.6 Å². The van der Waals surface area contributed by atoms with E-state index in [-0.39, 0.29) is 6.54 Å². The minimum absolute atomic E-state index is 0.105. The average Bonchev–Trinajstić information content (AvgIpc) is 3.12. The number of ether oxygens (including phenoxy) is 1. The quantitative estimate of drug-likeness (QED) is 0.633. The smallest absolute Gasteiger partial charge is 0.333 e. The lowest BCUT2D eigenvalue weighted by Crippen LogP contribution is -2.42. The molecule has 4 rings (SSSR count). The van der Waals surface area contributed by atoms with Crippen LogP contribution in [0.4, 0.5) is 16.0 Å². The van der Waals surface area contributed by atoms with E-state index >= 15 is 0 Å². The van der Waals surface area contributed by atoms with Gasteiger partial charge < -0.3 is 9.64 Å². The standard InChI is InChI=1S/C20H19FN4O3/c1-2-28-16-9-7-15(8-10-16)23-11-12-24-18(26)19(27)25(22-20(23)24)13-14-5-3-4-6-17(14)21/h3-10H,2,11-13H2,1H3. The molecule has 0 saturated carbocycles. The van der Waals surface area contributed by atoms with Gasteiger partial charge in [-0.1, -0.05) is 18.2 Å². The van der Waals surface area contributed by atoms with Crippen LogP contribution in [-0.2, 0) is 13.1 Å². The lowest BCUT2D eigenvalue weighted by Gasteiger charge is -2.18. The van der Waals surface area contributed by atoms with Crippen LogP contribution in [0.25, 0.3) is 0 Å². The van der Waals surface area contributed by atoms with Crippen LogP contribution in [0, 0.1) is 5.82 Å². The molecule has 144 valence electrons. The van der Waals surface area contributed by atoms with E-state index in [0.29, 0.717) is 31.2 Å². The third kappa shape index (κ3) is 3.17. The minimum atomic E-state index is -0.763. The van der Waals surface area contributed by atoms with Crippen molar-refractivity contribution in [2.75, 3.05) is 18.1 Å². The fourth-order valence-electron chi connectivity index (χ4n) is 3.25. The van der Waals surface area contributed by atoms with Gasteiger partial charge in [0, 0.05) is 24.3 Å². The molecule has 28 heavy (non-hydrogen) atoms. The molecule has 3 aromatic rings. The van der Waals surface area contributed by atoms with Crippen molar-refractivity contribution in [2.24, 2.45) is 0 Å². The van der Waals surface area contributed by atoms with Gasteiger partial charge in [-0.05, 0) is 37.3 Å². The Hall–Kier alpha value is -3.42. The highest BCUT2D eigenvalue weighted by molar-refractivity contribution is 5.59. The third-order valence-corrected chi connectivity index (χ3v) is 4.64. The molecule has 2 heterocycles. The van der Waals surface area contributed by atoms with Gasteiger partial charge in [0.2, 0.25) is 5.95 Å². The number of hydrogen-bond acceptors (Lipinski definition) is 5. The number of rotatable bonds is 5. The van der Waals surface area contributed by atoms with E-state index in [1.165, 1.54) is 10.6 Å². The summed E-state index contributed by atoms with van der Waals surface area (Å²) in [6.45, 7) is 3.26. The van der Waals surface area contributed by atoms with Crippen LogP contribution in [0.2, 0.25) is 0 Å². The van der Waals surface area contributed by atoms with Gasteiger partial charge >= 0.3 is 11.1 Å². The van der Waals surface area contributed by atoms with E-state index < -0.39 is 16.9 Å². The maximum atomic E-state index is 14.0. The Morgan fingerprint density at radius 3 is 2.50 bits per heavy atom. The first-order valence-corrected chi connectivity index (χ1v) is 9.04. The molecule has 0 radical (unpaired) electrons. The molecule has 0 amide bonds. The first-order chi connectivity index (χ1) is 13.6. The monoisotopic (exact) mass is 382 g/mol. The molecule has 1 aliphatic rings. The van der Waals surface area contributed by atoms with Crippen molar-refractivity contribution >= 4 is 11.6 Å². The van der Waals surface area contributed by atoms with Crippen molar-refractivity contribution in [2.45, 2.75) is 20.0 Å². The molecule has 2 aromatic carbocycles. The maximum Gasteiger partial charge on any atom is 0.333 e. The summed E-state index contributed by atoms with van der Waals surface area (Å²) >= 11 is 0. The summed E-state index contributed by atoms with van der Waals surface area (Å²) in [5.41, 5.74) is -0.292. The molecule has 0 bridgehead atoms. The first kappa shape index (κ1) is 18.0. The number of halogens is 1. The molecule has 0 saturated heterocycles. The molecule has 7 nitrogen and oxygen atoms in total. The van der Waals surface area contributed by atoms with E-state index in [0.717, 1.165) is 16.1 Å². The second-order valence-electron chi connectivity index (χ2n) is 6.39. The summed E-state index contributed by atoms with van der Waals surface area (Å²) in [5.74, 6) is 0.672. The first-order valence-electron chi connectivity index (χ1n) is 9.04. The van der Waals surface area contributed by atoms with E-state index in [2.05, 4.69) is 5.10 Å². The van der Waals surface area contributed by atoms with Gasteiger partial charge in [0.1, 0.15) is 11.6 Å². The Bertz CT molecular complexity index is 1120. The number of benzene rings is 2. The van der Waals surface area contributed by atoms with Crippen molar-refractivity contribution < 1.29 is 9.13 Å². The molecule has 1 aromatic heterocycles. The van der Waals surface area contributed by atoms with Crippen molar-refractivity contribution in [1.82, 2.24) is 14.3 Å². The Balaban J connectivity index is 1.73. The molecular weight excluding hydrogens is 363 g/mol. The zero-order valence-corrected chi connectivity index (χ0v) is 15.3. The molecular formula is C20H19FN4O3. The van der Waals surface area contributed by atoms with Crippen molar-refractivity contribution in [1.29, 1.82) is 0 Å². The average molecular weight is 382 g/mol. The Morgan fingerprint density at radius 1 is 1.04 bits per heavy atom. The predicted molar refractivity (Wildman–Crippen MR) is 103 cm³/mol. The maximum absolute atomic E-state index is 14.0. The highest BCUT2D eigenvalue weighted by atomic mass is 19.1. The molecule has 0 unspecified atom stereocenters. The molecule has 1 aliphatic heterocycles. The molecule has 0 atom stereocenters. The second kappa shape index (κ2) is 7.30. The molecule has 0 fully saturated rings. The van der Waals surface area contributed by atoms with Gasteiger partial charge in [0.05, 0.1) is 13.2 Å². The molecule has 0 spiro atoms. The zero-order valence-electron chi connectivity index (χ0n) is 15.3. The van der Waals surface area contributed by atoms with Gasteiger partial charge in [-0.15, -0.1) is 5.10 Å². The zero-order chi connectivity index (χ0) is 19.7. The fourth-order valence-corrected chi connectivity index (χ4v) is 3.25. The summed E-state index contributed by atoms with van der Waals surface area (Å²) in [6, 6.07) is 13.6. The van der Waals surface area contributed by atoms with Gasteiger partial charge in [-0.25, -0.2) is 9.07 Å². The predicted octanol–water partition coefficient (Wildman–Crippen LogP) is 2.14. The number of aromatic nitrogens is 3. The summed E-state index contributed by atoms with van der Waals surface area (Å²) in [5, 5.41) is 4.36. The van der Waals surface area contributed by atoms with E-state index in [9.17, 15) is 14.0 Å². The van der Waals surface area contributed by atoms with Gasteiger partial charge in [0.15, 0.2) is 0 Å². The van der Waals surface area contributed by atoms with E-state index in [1.54, 1.807) is 18.2 Å². The van der Waals surface area contributed by atoms with Crippen LogP contribution >= 0.6 is 0 Å². The summed E-state index contributed by atoms with van der Waals surface area (Å²) in [7, 11) is 0. The van der Waals surface area contributed by atoms with Crippen LogP contribution in [0.3, 0.4) is 0 Å². The van der Waals surface area contributed by atoms with Crippen LogP contribution < -0.4 is 20.8 Å². The Kier molecular flexibility index (Phi) is 4.68. The summed E-state index contributed by atoms with van der Waals surface area (Å²) in [6.07, 6.45) is 0.